The van der Waals surface area contributed by atoms with E-state index in [1.54, 1.807) is 42.1 Å². The Bertz CT molecular complexity index is 1520. The maximum Gasteiger partial charge on any atom is 0.409 e. The molecule has 0 unspecified atom stereocenters. The number of likely N-dealkylation sites (tertiary alicyclic amines) is 1. The molecule has 0 atom stereocenters. The zero-order valence-corrected chi connectivity index (χ0v) is 26.1. The molecule has 4 N–H and O–H groups in total. The van der Waals surface area contributed by atoms with Crippen LogP contribution in [0.5, 0.6) is 11.5 Å². The second kappa shape index (κ2) is 14.4. The summed E-state index contributed by atoms with van der Waals surface area (Å²) < 4.78 is 27.0. The highest BCUT2D eigenvalue weighted by molar-refractivity contribution is 7.99. The van der Waals surface area contributed by atoms with E-state index < -0.39 is 17.5 Å². The van der Waals surface area contributed by atoms with Gasteiger partial charge >= 0.3 is 6.09 Å². The maximum atomic E-state index is 14.9. The topological polar surface area (TPSA) is 137 Å². The van der Waals surface area contributed by atoms with Crippen molar-refractivity contribution in [3.8, 4) is 11.5 Å². The molecule has 1 aromatic heterocycles. The number of rotatable bonds is 11. The largest absolute Gasteiger partial charge is 0.493 e. The van der Waals surface area contributed by atoms with Crippen molar-refractivity contribution in [1.82, 2.24) is 14.9 Å². The first-order chi connectivity index (χ1) is 21.8. The first kappa shape index (κ1) is 31.6. The van der Waals surface area contributed by atoms with Gasteiger partial charge in [0, 0.05) is 29.6 Å². The third-order valence-electron chi connectivity index (χ3n) is 9.19. The van der Waals surface area contributed by atoms with E-state index in [-0.39, 0.29) is 17.6 Å². The predicted molar refractivity (Wildman–Crippen MR) is 172 cm³/mol. The Hall–Kier alpha value is -3.35. The molecule has 3 aliphatic rings. The first-order valence-electron chi connectivity index (χ1n) is 15.9. The monoisotopic (exact) mass is 640 g/mol. The first-order valence-corrected chi connectivity index (χ1v) is 17.0. The van der Waals surface area contributed by atoms with Gasteiger partial charge in [-0.05, 0) is 101 Å². The molecular formula is C33H41FN4O6S. The molecule has 242 valence electrons. The minimum atomic E-state index is -1.09. The molecule has 1 amide bonds. The number of aliphatic hydroxyl groups excluding tert-OH is 1. The number of carboxylic acid groups (broad SMARTS) is 1. The molecule has 10 nitrogen and oxygen atoms in total. The number of hydrogen-bond acceptors (Lipinski definition) is 8. The van der Waals surface area contributed by atoms with Crippen molar-refractivity contribution in [3.05, 3.63) is 58.4 Å². The molecule has 1 saturated heterocycles. The van der Waals surface area contributed by atoms with Gasteiger partial charge in [-0.15, -0.1) is 0 Å². The fraction of sp³-hybridized carbons (Fsp3) is 0.545. The second-order valence-electron chi connectivity index (χ2n) is 12.6. The van der Waals surface area contributed by atoms with Crippen LogP contribution in [0.25, 0.3) is 10.9 Å². The fourth-order valence-corrected chi connectivity index (χ4v) is 7.71. The van der Waals surface area contributed by atoms with E-state index in [0.717, 1.165) is 76.8 Å². The van der Waals surface area contributed by atoms with E-state index in [1.165, 1.54) is 6.07 Å². The lowest BCUT2D eigenvalue weighted by Gasteiger charge is -2.40. The number of ether oxygens (including phenoxy) is 2. The Kier molecular flexibility index (Phi) is 10.1. The van der Waals surface area contributed by atoms with Crippen LogP contribution in [0.4, 0.5) is 14.9 Å². The normalized spacial score (nSPS) is 24.2. The van der Waals surface area contributed by atoms with Gasteiger partial charge in [-0.1, -0.05) is 0 Å². The highest BCUT2D eigenvalue weighted by Gasteiger charge is 2.33. The molecular weight excluding hydrogens is 599 g/mol. The number of thioether (sulfide) groups is 1. The number of hydrogen-bond donors (Lipinski definition) is 4. The zero-order valence-electron chi connectivity index (χ0n) is 25.3. The third-order valence-corrected chi connectivity index (χ3v) is 10.6. The summed E-state index contributed by atoms with van der Waals surface area (Å²) in [5.41, 5.74) is 0.359. The van der Waals surface area contributed by atoms with Crippen molar-refractivity contribution >= 4 is 34.4 Å². The fourth-order valence-electron chi connectivity index (χ4n) is 6.58. The highest BCUT2D eigenvalue weighted by atomic mass is 32.2. The molecule has 2 aromatic carbocycles. The van der Waals surface area contributed by atoms with Crippen LogP contribution < -0.4 is 20.3 Å². The lowest BCUT2D eigenvalue weighted by Crippen LogP contribution is -2.44. The number of halogens is 1. The molecule has 12 heteroatoms. The minimum absolute atomic E-state index is 0.0419. The number of fused-ring (bicyclic) bond motifs is 1. The van der Waals surface area contributed by atoms with Gasteiger partial charge in [0.2, 0.25) is 0 Å². The number of aliphatic hydroxyl groups is 1. The van der Waals surface area contributed by atoms with Crippen molar-refractivity contribution in [2.75, 3.05) is 31.6 Å². The Morgan fingerprint density at radius 3 is 2.49 bits per heavy atom. The lowest BCUT2D eigenvalue weighted by atomic mass is 9.81. The SMILES string of the molecule is O=C(O)Nc1ccc(OC2CC(CN3CCC(COc4cc(F)c5c(=O)[nH]c(CS[C@H]6CC[C@H](O)CC6)nc5c4)CC3)C2)cc1. The number of aromatic amines is 1. The average Bonchev–Trinajstić information content (AvgIpc) is 2.99. The van der Waals surface area contributed by atoms with E-state index in [2.05, 4.69) is 20.2 Å². The minimum Gasteiger partial charge on any atom is -0.493 e. The van der Waals surface area contributed by atoms with Crippen LogP contribution in [0.15, 0.2) is 41.2 Å². The summed E-state index contributed by atoms with van der Waals surface area (Å²) in [4.78, 5) is 33.2. The highest BCUT2D eigenvalue weighted by Crippen LogP contribution is 2.34. The Morgan fingerprint density at radius 2 is 1.78 bits per heavy atom. The quantitative estimate of drug-likeness (QED) is 0.210. The lowest BCUT2D eigenvalue weighted by molar-refractivity contribution is 0.0328. The van der Waals surface area contributed by atoms with Crippen LogP contribution in [0.3, 0.4) is 0 Å². The molecule has 1 aliphatic heterocycles. The molecule has 6 rings (SSSR count). The number of nitrogens with one attached hydrogen (secondary N) is 2. The van der Waals surface area contributed by atoms with E-state index in [9.17, 15) is 19.1 Å². The van der Waals surface area contributed by atoms with Crippen LogP contribution >= 0.6 is 11.8 Å². The summed E-state index contributed by atoms with van der Waals surface area (Å²) in [6, 6.07) is 9.93. The number of benzene rings is 2. The summed E-state index contributed by atoms with van der Waals surface area (Å²) in [6.45, 7) is 3.54. The van der Waals surface area contributed by atoms with Gasteiger partial charge in [0.25, 0.3) is 5.56 Å². The Balaban J connectivity index is 0.927. The van der Waals surface area contributed by atoms with Crippen LogP contribution in [0.1, 0.15) is 57.2 Å². The van der Waals surface area contributed by atoms with Gasteiger partial charge < -0.3 is 29.6 Å². The van der Waals surface area contributed by atoms with Gasteiger partial charge in [-0.3, -0.25) is 10.1 Å². The summed E-state index contributed by atoms with van der Waals surface area (Å²) >= 11 is 1.72. The molecule has 0 spiro atoms. The van der Waals surface area contributed by atoms with Crippen molar-refractivity contribution in [2.24, 2.45) is 11.8 Å². The van der Waals surface area contributed by atoms with E-state index in [4.69, 9.17) is 14.6 Å². The molecule has 2 aliphatic carbocycles. The number of anilines is 1. The van der Waals surface area contributed by atoms with Crippen molar-refractivity contribution < 1.29 is 28.9 Å². The second-order valence-corrected chi connectivity index (χ2v) is 13.9. The summed E-state index contributed by atoms with van der Waals surface area (Å²) in [5.74, 6) is 2.57. The number of amides is 1. The molecule has 45 heavy (non-hydrogen) atoms. The van der Waals surface area contributed by atoms with Gasteiger partial charge in [0.05, 0.1) is 30.1 Å². The standard InChI is InChI=1S/C33H41FN4O6S/c34-28-15-25(16-29-31(28)32(40)37-30(36-29)19-45-27-7-3-23(39)4-8-27)43-18-20-9-11-38(12-10-20)17-21-13-26(14-21)44-24-5-1-22(2-6-24)35-33(41)42/h1-2,5-6,15-16,20-21,23,26-27,35,39H,3-4,7-14,17-19H2,(H,41,42)(H,36,37,40)/t21?,23-,26?,27-. The van der Waals surface area contributed by atoms with Gasteiger partial charge in [-0.25, -0.2) is 14.2 Å². The predicted octanol–water partition coefficient (Wildman–Crippen LogP) is 5.64. The summed E-state index contributed by atoms with van der Waals surface area (Å²) in [7, 11) is 0. The van der Waals surface area contributed by atoms with Crippen LogP contribution in [-0.4, -0.2) is 74.9 Å². The summed E-state index contributed by atoms with van der Waals surface area (Å²) in [5, 5.41) is 21.2. The van der Waals surface area contributed by atoms with Gasteiger partial charge in [0.15, 0.2) is 0 Å². The van der Waals surface area contributed by atoms with Crippen LogP contribution in [0, 0.1) is 17.7 Å². The number of nitrogens with zero attached hydrogens (tertiary/aromatic N) is 2. The van der Waals surface area contributed by atoms with E-state index in [1.807, 2.05) is 0 Å². The molecule has 2 saturated carbocycles. The maximum absolute atomic E-state index is 14.9. The number of aromatic nitrogens is 2. The van der Waals surface area contributed by atoms with Gasteiger partial charge in [0.1, 0.15) is 28.5 Å². The molecule has 3 aromatic rings. The molecule has 3 fully saturated rings. The van der Waals surface area contributed by atoms with Crippen LogP contribution in [0.2, 0.25) is 0 Å². The number of carbonyl (C=O) groups is 1. The van der Waals surface area contributed by atoms with Crippen molar-refractivity contribution in [3.63, 3.8) is 0 Å². The van der Waals surface area contributed by atoms with Gasteiger partial charge in [-0.2, -0.15) is 11.8 Å². The third kappa shape index (κ3) is 8.47. The Morgan fingerprint density at radius 1 is 1.04 bits per heavy atom. The van der Waals surface area contributed by atoms with Crippen molar-refractivity contribution in [2.45, 2.75) is 74.6 Å². The molecule has 0 bridgehead atoms. The average molecular weight is 641 g/mol. The number of H-pyrrole nitrogens is 1. The Labute approximate surface area is 265 Å². The zero-order chi connectivity index (χ0) is 31.3. The molecule has 0 radical (unpaired) electrons. The van der Waals surface area contributed by atoms with Crippen LogP contribution in [-0.2, 0) is 5.75 Å². The van der Waals surface area contributed by atoms with E-state index >= 15 is 0 Å². The van der Waals surface area contributed by atoms with Crippen molar-refractivity contribution in [1.29, 1.82) is 0 Å². The smallest absolute Gasteiger partial charge is 0.409 e. The number of piperidine rings is 1. The summed E-state index contributed by atoms with van der Waals surface area (Å²) in [6.07, 6.45) is 6.42. The van der Waals surface area contributed by atoms with E-state index in [0.29, 0.717) is 52.2 Å². The molecule has 2 heterocycles.